The molecule has 2 heterocycles. The highest BCUT2D eigenvalue weighted by atomic mass is 35.5. The molecule has 0 atom stereocenters. The van der Waals surface area contributed by atoms with Crippen LogP contribution in [0.5, 0.6) is 5.75 Å². The maximum Gasteiger partial charge on any atom is 0.122 e. The number of hydrogen-bond donors (Lipinski definition) is 0. The average Bonchev–Trinajstić information content (AvgIpc) is 2.64. The molecule has 0 unspecified atom stereocenters. The predicted octanol–water partition coefficient (Wildman–Crippen LogP) is 3.99. The lowest BCUT2D eigenvalue weighted by Gasteiger charge is -2.36. The van der Waals surface area contributed by atoms with Gasteiger partial charge in [0.25, 0.3) is 0 Å². The zero-order chi connectivity index (χ0) is 16.4. The number of fused-ring (bicyclic) bond motifs is 1. The van der Waals surface area contributed by atoms with Crippen LogP contribution >= 0.6 is 11.6 Å². The number of aryl methyl sites for hydroxylation is 1. The monoisotopic (exact) mass is 342 g/mol. The molecule has 126 valence electrons. The summed E-state index contributed by atoms with van der Waals surface area (Å²) in [5.41, 5.74) is 4.03. The molecule has 0 N–H and O–H groups in total. The van der Waals surface area contributed by atoms with Crippen LogP contribution in [0.15, 0.2) is 42.5 Å². The second kappa shape index (κ2) is 7.04. The highest BCUT2D eigenvalue weighted by molar-refractivity contribution is 6.30. The Morgan fingerprint density at radius 2 is 1.75 bits per heavy atom. The fourth-order valence-electron chi connectivity index (χ4n) is 3.56. The van der Waals surface area contributed by atoms with E-state index in [1.807, 2.05) is 12.1 Å². The quantitative estimate of drug-likeness (QED) is 0.839. The lowest BCUT2D eigenvalue weighted by Crippen LogP contribution is -2.46. The minimum absolute atomic E-state index is 0.806. The second-order valence-corrected chi connectivity index (χ2v) is 7.07. The molecule has 2 aromatic rings. The number of halogens is 1. The maximum atomic E-state index is 5.96. The van der Waals surface area contributed by atoms with Gasteiger partial charge in [-0.1, -0.05) is 23.7 Å². The molecule has 4 heteroatoms. The molecule has 2 aromatic carbocycles. The summed E-state index contributed by atoms with van der Waals surface area (Å²) in [6.45, 7) is 6.20. The molecular formula is C20H23ClN2O. The lowest BCUT2D eigenvalue weighted by molar-refractivity contribution is 0.249. The molecule has 1 saturated heterocycles. The van der Waals surface area contributed by atoms with E-state index in [1.54, 1.807) is 0 Å². The zero-order valence-electron chi connectivity index (χ0n) is 13.9. The summed E-state index contributed by atoms with van der Waals surface area (Å²) in [6, 6.07) is 14.9. The molecule has 0 aliphatic carbocycles. The fourth-order valence-corrected chi connectivity index (χ4v) is 3.68. The van der Waals surface area contributed by atoms with Gasteiger partial charge in [-0.25, -0.2) is 0 Å². The van der Waals surface area contributed by atoms with Gasteiger partial charge in [0, 0.05) is 43.4 Å². The Balaban J connectivity index is 1.36. The van der Waals surface area contributed by atoms with Crippen LogP contribution in [0.1, 0.15) is 17.5 Å². The first-order valence-corrected chi connectivity index (χ1v) is 9.13. The molecule has 1 fully saturated rings. The van der Waals surface area contributed by atoms with Crippen molar-refractivity contribution in [2.24, 2.45) is 0 Å². The molecule has 0 saturated carbocycles. The third kappa shape index (κ3) is 3.52. The summed E-state index contributed by atoms with van der Waals surface area (Å²) in [6.07, 6.45) is 2.27. The summed E-state index contributed by atoms with van der Waals surface area (Å²) in [5, 5.41) is 0.806. The van der Waals surface area contributed by atoms with Gasteiger partial charge in [-0.05, 0) is 54.3 Å². The number of anilines is 1. The van der Waals surface area contributed by atoms with Crippen LogP contribution in [-0.4, -0.2) is 37.7 Å². The Bertz CT molecular complexity index is 693. The predicted molar refractivity (Wildman–Crippen MR) is 99.2 cm³/mol. The van der Waals surface area contributed by atoms with Crippen LogP contribution in [-0.2, 0) is 13.0 Å². The van der Waals surface area contributed by atoms with Crippen LogP contribution in [0.2, 0.25) is 5.02 Å². The van der Waals surface area contributed by atoms with Gasteiger partial charge in [-0.2, -0.15) is 0 Å². The van der Waals surface area contributed by atoms with Crippen molar-refractivity contribution in [3.8, 4) is 5.75 Å². The van der Waals surface area contributed by atoms with Crippen molar-refractivity contribution in [1.82, 2.24) is 4.90 Å². The molecule has 0 amide bonds. The highest BCUT2D eigenvalue weighted by Gasteiger charge is 2.19. The van der Waals surface area contributed by atoms with Gasteiger partial charge in [-0.3, -0.25) is 4.90 Å². The summed E-state index contributed by atoms with van der Waals surface area (Å²) >= 11 is 5.96. The normalized spacial score (nSPS) is 18.1. The van der Waals surface area contributed by atoms with Crippen molar-refractivity contribution < 1.29 is 4.74 Å². The molecule has 2 aliphatic heterocycles. The van der Waals surface area contributed by atoms with Crippen molar-refractivity contribution >= 4 is 17.3 Å². The second-order valence-electron chi connectivity index (χ2n) is 6.63. The first kappa shape index (κ1) is 15.8. The lowest BCUT2D eigenvalue weighted by atomic mass is 10.0. The molecule has 0 aromatic heterocycles. The summed E-state index contributed by atoms with van der Waals surface area (Å²) < 4.78 is 5.72. The minimum atomic E-state index is 0.806. The number of nitrogens with zero attached hydrogens (tertiary/aromatic N) is 2. The van der Waals surface area contributed by atoms with E-state index in [-0.39, 0.29) is 0 Å². The van der Waals surface area contributed by atoms with Crippen LogP contribution < -0.4 is 9.64 Å². The number of piperazine rings is 1. The minimum Gasteiger partial charge on any atom is -0.493 e. The Labute approximate surface area is 148 Å². The Morgan fingerprint density at radius 3 is 2.54 bits per heavy atom. The van der Waals surface area contributed by atoms with E-state index >= 15 is 0 Å². The molecule has 4 rings (SSSR count). The number of ether oxygens (including phenoxy) is 1. The number of benzene rings is 2. The maximum absolute atomic E-state index is 5.96. The smallest absolute Gasteiger partial charge is 0.122 e. The van der Waals surface area contributed by atoms with Crippen molar-refractivity contribution in [1.29, 1.82) is 0 Å². The molecule has 3 nitrogen and oxygen atoms in total. The topological polar surface area (TPSA) is 15.7 Å². The van der Waals surface area contributed by atoms with Crippen molar-refractivity contribution in [3.63, 3.8) is 0 Å². The van der Waals surface area contributed by atoms with E-state index in [0.29, 0.717) is 0 Å². The van der Waals surface area contributed by atoms with Gasteiger partial charge in [0.15, 0.2) is 0 Å². The summed E-state index contributed by atoms with van der Waals surface area (Å²) in [5.74, 6) is 1.08. The Hall–Kier alpha value is -1.71. The van der Waals surface area contributed by atoms with Gasteiger partial charge in [0.1, 0.15) is 5.75 Å². The van der Waals surface area contributed by atoms with E-state index in [0.717, 1.165) is 62.9 Å². The average molecular weight is 343 g/mol. The van der Waals surface area contributed by atoms with Crippen molar-refractivity contribution in [2.75, 3.05) is 37.7 Å². The molecule has 0 radical (unpaired) electrons. The van der Waals surface area contributed by atoms with Crippen LogP contribution in [0.4, 0.5) is 5.69 Å². The van der Waals surface area contributed by atoms with Gasteiger partial charge in [-0.15, -0.1) is 0 Å². The molecular weight excluding hydrogens is 320 g/mol. The van der Waals surface area contributed by atoms with E-state index in [2.05, 4.69) is 40.1 Å². The SMILES string of the molecule is Clc1ccc(CN2CCN(c3ccc4c(c3)CCCO4)CC2)cc1. The summed E-state index contributed by atoms with van der Waals surface area (Å²) in [7, 11) is 0. The summed E-state index contributed by atoms with van der Waals surface area (Å²) in [4.78, 5) is 5.01. The van der Waals surface area contributed by atoms with E-state index < -0.39 is 0 Å². The largest absolute Gasteiger partial charge is 0.493 e. The standard InChI is InChI=1S/C20H23ClN2O/c21-18-5-3-16(4-6-18)15-22-9-11-23(12-10-22)19-7-8-20-17(14-19)2-1-13-24-20/h3-8,14H,1-2,9-13,15H2. The molecule has 0 bridgehead atoms. The van der Waals surface area contributed by atoms with Crippen molar-refractivity contribution in [2.45, 2.75) is 19.4 Å². The van der Waals surface area contributed by atoms with E-state index in [9.17, 15) is 0 Å². The van der Waals surface area contributed by atoms with Crippen LogP contribution in [0, 0.1) is 0 Å². The van der Waals surface area contributed by atoms with E-state index in [1.165, 1.54) is 16.8 Å². The van der Waals surface area contributed by atoms with Crippen molar-refractivity contribution in [3.05, 3.63) is 58.6 Å². The van der Waals surface area contributed by atoms with Gasteiger partial charge in [0.2, 0.25) is 0 Å². The first-order chi connectivity index (χ1) is 11.8. The Morgan fingerprint density at radius 1 is 0.958 bits per heavy atom. The first-order valence-electron chi connectivity index (χ1n) is 8.75. The number of hydrogen-bond acceptors (Lipinski definition) is 3. The molecule has 24 heavy (non-hydrogen) atoms. The third-order valence-corrected chi connectivity index (χ3v) is 5.20. The fraction of sp³-hybridized carbons (Fsp3) is 0.400. The van der Waals surface area contributed by atoms with Crippen LogP contribution in [0.25, 0.3) is 0 Å². The van der Waals surface area contributed by atoms with Gasteiger partial charge >= 0.3 is 0 Å². The number of rotatable bonds is 3. The Kier molecular flexibility index (Phi) is 4.63. The van der Waals surface area contributed by atoms with Crippen LogP contribution in [0.3, 0.4) is 0 Å². The van der Waals surface area contributed by atoms with Gasteiger partial charge < -0.3 is 9.64 Å². The highest BCUT2D eigenvalue weighted by Crippen LogP contribution is 2.29. The van der Waals surface area contributed by atoms with E-state index in [4.69, 9.17) is 16.3 Å². The molecule has 0 spiro atoms. The third-order valence-electron chi connectivity index (χ3n) is 4.95. The molecule has 2 aliphatic rings. The van der Waals surface area contributed by atoms with Gasteiger partial charge in [0.05, 0.1) is 6.61 Å². The zero-order valence-corrected chi connectivity index (χ0v) is 14.6.